The molecule has 7 nitrogen and oxygen atoms in total. The largest absolute Gasteiger partial charge is 0.385 e. The molecular formula is C18H22N2O5S. The highest BCUT2D eigenvalue weighted by atomic mass is 32.2. The Labute approximate surface area is 152 Å². The van der Waals surface area contributed by atoms with Gasteiger partial charge in [-0.2, -0.15) is 0 Å². The second-order valence-electron chi connectivity index (χ2n) is 6.34. The maximum Gasteiger partial charge on any atom is 0.276 e. The first-order valence-electron chi connectivity index (χ1n) is 8.52. The lowest BCUT2D eigenvalue weighted by atomic mass is 10.1. The first-order chi connectivity index (χ1) is 12.5. The summed E-state index contributed by atoms with van der Waals surface area (Å²) in [6.07, 6.45) is 1.08. The predicted molar refractivity (Wildman–Crippen MR) is 96.5 cm³/mol. The number of hydrogen-bond donors (Lipinski definition) is 0. The molecule has 2 heterocycles. The fourth-order valence-electron chi connectivity index (χ4n) is 3.11. The van der Waals surface area contributed by atoms with Crippen LogP contribution in [0.4, 0.5) is 0 Å². The molecule has 0 N–H and O–H groups in total. The predicted octanol–water partition coefficient (Wildman–Crippen LogP) is 2.01. The van der Waals surface area contributed by atoms with Crippen molar-refractivity contribution < 1.29 is 22.5 Å². The molecule has 1 aromatic carbocycles. The van der Waals surface area contributed by atoms with E-state index in [1.807, 2.05) is 30.3 Å². The Kier molecular flexibility index (Phi) is 5.73. The van der Waals surface area contributed by atoms with Gasteiger partial charge in [-0.15, -0.1) is 0 Å². The van der Waals surface area contributed by atoms with Crippen LogP contribution < -0.4 is 0 Å². The van der Waals surface area contributed by atoms with Gasteiger partial charge in [-0.25, -0.2) is 8.42 Å². The number of nitrogens with zero attached hydrogens (tertiary/aromatic N) is 2. The summed E-state index contributed by atoms with van der Waals surface area (Å²) in [5, 5.41) is 3.90. The zero-order chi connectivity index (χ0) is 18.6. The molecule has 1 aromatic heterocycles. The van der Waals surface area contributed by atoms with Gasteiger partial charge in [0.05, 0.1) is 11.5 Å². The topological polar surface area (TPSA) is 89.7 Å². The van der Waals surface area contributed by atoms with E-state index in [1.54, 1.807) is 18.1 Å². The van der Waals surface area contributed by atoms with Crippen molar-refractivity contribution in [3.8, 4) is 11.3 Å². The maximum atomic E-state index is 12.9. The van der Waals surface area contributed by atoms with Crippen LogP contribution in [0.1, 0.15) is 23.3 Å². The highest BCUT2D eigenvalue weighted by Crippen LogP contribution is 2.23. The third-order valence-corrected chi connectivity index (χ3v) is 6.20. The van der Waals surface area contributed by atoms with E-state index in [2.05, 4.69) is 5.16 Å². The molecule has 3 rings (SSSR count). The average Bonchev–Trinajstić information content (AvgIpc) is 3.26. The Balaban J connectivity index is 1.79. The number of rotatable bonds is 7. The molecular weight excluding hydrogens is 356 g/mol. The minimum Gasteiger partial charge on any atom is -0.385 e. The molecule has 1 atom stereocenters. The molecule has 1 unspecified atom stereocenters. The van der Waals surface area contributed by atoms with Crippen LogP contribution in [0.25, 0.3) is 11.3 Å². The zero-order valence-corrected chi connectivity index (χ0v) is 15.4. The smallest absolute Gasteiger partial charge is 0.276 e. The summed E-state index contributed by atoms with van der Waals surface area (Å²) < 4.78 is 34.0. The van der Waals surface area contributed by atoms with Gasteiger partial charge in [-0.3, -0.25) is 4.79 Å². The van der Waals surface area contributed by atoms with E-state index >= 15 is 0 Å². The molecule has 0 radical (unpaired) electrons. The maximum absolute atomic E-state index is 12.9. The minimum atomic E-state index is -3.09. The highest BCUT2D eigenvalue weighted by Gasteiger charge is 2.35. The van der Waals surface area contributed by atoms with Crippen molar-refractivity contribution in [1.82, 2.24) is 10.1 Å². The second-order valence-corrected chi connectivity index (χ2v) is 8.57. The van der Waals surface area contributed by atoms with Gasteiger partial charge < -0.3 is 14.2 Å². The third-order valence-electron chi connectivity index (χ3n) is 4.45. The summed E-state index contributed by atoms with van der Waals surface area (Å²) in [5.41, 5.74) is 1.01. The van der Waals surface area contributed by atoms with E-state index < -0.39 is 9.84 Å². The van der Waals surface area contributed by atoms with Gasteiger partial charge in [0.1, 0.15) is 0 Å². The molecule has 8 heteroatoms. The highest BCUT2D eigenvalue weighted by molar-refractivity contribution is 7.91. The van der Waals surface area contributed by atoms with E-state index in [0.29, 0.717) is 31.8 Å². The summed E-state index contributed by atoms with van der Waals surface area (Å²) in [6, 6.07) is 10.7. The number of amides is 1. The van der Waals surface area contributed by atoms with E-state index in [-0.39, 0.29) is 29.1 Å². The van der Waals surface area contributed by atoms with Crippen molar-refractivity contribution in [3.05, 3.63) is 42.1 Å². The number of benzene rings is 1. The van der Waals surface area contributed by atoms with Gasteiger partial charge in [0.25, 0.3) is 5.91 Å². The van der Waals surface area contributed by atoms with Gasteiger partial charge in [0.15, 0.2) is 21.3 Å². The minimum absolute atomic E-state index is 0.00485. The van der Waals surface area contributed by atoms with Crippen molar-refractivity contribution in [2.75, 3.05) is 31.8 Å². The number of carbonyl (C=O) groups is 1. The number of aromatic nitrogens is 1. The van der Waals surface area contributed by atoms with E-state index in [4.69, 9.17) is 9.26 Å². The average molecular weight is 378 g/mol. The Morgan fingerprint density at radius 3 is 2.77 bits per heavy atom. The van der Waals surface area contributed by atoms with Crippen LogP contribution in [0, 0.1) is 0 Å². The first-order valence-corrected chi connectivity index (χ1v) is 10.3. The number of ether oxygens (including phenoxy) is 1. The molecule has 140 valence electrons. The molecule has 0 spiro atoms. The molecule has 0 bridgehead atoms. The second kappa shape index (κ2) is 8.01. The van der Waals surface area contributed by atoms with Crippen molar-refractivity contribution in [2.45, 2.75) is 18.9 Å². The zero-order valence-electron chi connectivity index (χ0n) is 14.6. The third kappa shape index (κ3) is 4.31. The number of hydrogen-bond acceptors (Lipinski definition) is 6. The molecule has 1 aliphatic rings. The summed E-state index contributed by atoms with van der Waals surface area (Å²) in [6.45, 7) is 0.914. The molecule has 1 saturated heterocycles. The molecule has 0 saturated carbocycles. The van der Waals surface area contributed by atoms with Crippen LogP contribution in [-0.4, -0.2) is 62.2 Å². The fraction of sp³-hybridized carbons (Fsp3) is 0.444. The van der Waals surface area contributed by atoms with Crippen LogP contribution in [0.2, 0.25) is 0 Å². The van der Waals surface area contributed by atoms with Crippen LogP contribution in [0.15, 0.2) is 40.9 Å². The van der Waals surface area contributed by atoms with Gasteiger partial charge in [-0.05, 0) is 12.8 Å². The van der Waals surface area contributed by atoms with Gasteiger partial charge in [-0.1, -0.05) is 35.5 Å². The van der Waals surface area contributed by atoms with Crippen LogP contribution in [-0.2, 0) is 14.6 Å². The lowest BCUT2D eigenvalue weighted by Gasteiger charge is -2.27. The van der Waals surface area contributed by atoms with Crippen LogP contribution in [0.5, 0.6) is 0 Å². The number of carbonyl (C=O) groups excluding carboxylic acids is 1. The Hall–Kier alpha value is -2.19. The van der Waals surface area contributed by atoms with Crippen molar-refractivity contribution >= 4 is 15.7 Å². The lowest BCUT2D eigenvalue weighted by Crippen LogP contribution is -2.42. The van der Waals surface area contributed by atoms with Crippen LogP contribution >= 0.6 is 0 Å². The van der Waals surface area contributed by atoms with Crippen molar-refractivity contribution in [2.24, 2.45) is 0 Å². The monoisotopic (exact) mass is 378 g/mol. The quantitative estimate of drug-likeness (QED) is 0.685. The molecule has 0 aliphatic carbocycles. The standard InChI is InChI=1S/C18H22N2O5S/c1-24-10-5-9-20(15-8-11-26(22,23)13-15)18(21)16-12-17(25-19-16)14-6-3-2-4-7-14/h2-4,6-7,12,15H,5,8-11,13H2,1H3. The fourth-order valence-corrected chi connectivity index (χ4v) is 4.84. The number of sulfone groups is 1. The van der Waals surface area contributed by atoms with Crippen molar-refractivity contribution in [1.29, 1.82) is 0 Å². The molecule has 2 aromatic rings. The summed E-state index contributed by atoms with van der Waals surface area (Å²) >= 11 is 0. The van der Waals surface area contributed by atoms with Crippen molar-refractivity contribution in [3.63, 3.8) is 0 Å². The van der Waals surface area contributed by atoms with E-state index in [1.165, 1.54) is 0 Å². The van der Waals surface area contributed by atoms with E-state index in [0.717, 1.165) is 5.56 Å². The van der Waals surface area contributed by atoms with E-state index in [9.17, 15) is 13.2 Å². The molecule has 1 amide bonds. The number of methoxy groups -OCH3 is 1. The van der Waals surface area contributed by atoms with Gasteiger partial charge in [0.2, 0.25) is 0 Å². The Bertz CT molecular complexity index is 847. The SMILES string of the molecule is COCCCN(C(=O)c1cc(-c2ccccc2)on1)C1CCS(=O)(=O)C1. The Morgan fingerprint density at radius 2 is 2.12 bits per heavy atom. The normalized spacial score (nSPS) is 18.7. The lowest BCUT2D eigenvalue weighted by molar-refractivity contribution is 0.0664. The first kappa shape index (κ1) is 18.6. The Morgan fingerprint density at radius 1 is 1.35 bits per heavy atom. The van der Waals surface area contributed by atoms with Crippen LogP contribution in [0.3, 0.4) is 0 Å². The molecule has 26 heavy (non-hydrogen) atoms. The summed E-state index contributed by atoms with van der Waals surface area (Å²) in [7, 11) is -1.50. The summed E-state index contributed by atoms with van der Waals surface area (Å²) in [4.78, 5) is 14.5. The molecule has 1 fully saturated rings. The van der Waals surface area contributed by atoms with Gasteiger partial charge >= 0.3 is 0 Å². The summed E-state index contributed by atoms with van der Waals surface area (Å²) in [5.74, 6) is 0.300. The molecule has 1 aliphatic heterocycles. The van der Waals surface area contributed by atoms with Gasteiger partial charge in [0, 0.05) is 37.9 Å².